The number of hydrogen-bond acceptors (Lipinski definition) is 3. The normalized spacial score (nSPS) is 16.9. The first kappa shape index (κ1) is 17.5. The van der Waals surface area contributed by atoms with Crippen molar-refractivity contribution < 1.29 is 13.2 Å². The van der Waals surface area contributed by atoms with Crippen LogP contribution in [-0.2, 0) is 10.0 Å². The summed E-state index contributed by atoms with van der Waals surface area (Å²) in [5.74, 6) is 1.05. The Bertz CT molecular complexity index is 800. The van der Waals surface area contributed by atoms with Gasteiger partial charge in [0.2, 0.25) is 10.0 Å². The Kier molecular flexibility index (Phi) is 5.27. The maximum atomic E-state index is 12.8. The number of sulfonamides is 1. The molecule has 0 atom stereocenters. The van der Waals surface area contributed by atoms with Crippen LogP contribution in [-0.4, -0.2) is 32.9 Å². The average molecular weight is 410 g/mol. The van der Waals surface area contributed by atoms with E-state index in [1.54, 1.807) is 29.6 Å². The highest BCUT2D eigenvalue weighted by molar-refractivity contribution is 9.10. The predicted molar refractivity (Wildman–Crippen MR) is 97.9 cm³/mol. The van der Waals surface area contributed by atoms with E-state index in [1.807, 2.05) is 18.2 Å². The van der Waals surface area contributed by atoms with Crippen molar-refractivity contribution in [2.75, 3.05) is 20.2 Å². The van der Waals surface area contributed by atoms with Crippen LogP contribution in [0.2, 0.25) is 0 Å². The quantitative estimate of drug-likeness (QED) is 0.765. The van der Waals surface area contributed by atoms with Gasteiger partial charge < -0.3 is 4.74 Å². The van der Waals surface area contributed by atoms with Gasteiger partial charge in [-0.05, 0) is 58.5 Å². The van der Waals surface area contributed by atoms with Gasteiger partial charge in [-0.2, -0.15) is 4.31 Å². The van der Waals surface area contributed by atoms with E-state index in [0.29, 0.717) is 34.1 Å². The molecule has 24 heavy (non-hydrogen) atoms. The molecule has 2 aromatic carbocycles. The lowest BCUT2D eigenvalue weighted by atomic mass is 9.90. The van der Waals surface area contributed by atoms with Crippen molar-refractivity contribution >= 4 is 26.0 Å². The van der Waals surface area contributed by atoms with Gasteiger partial charge in [0, 0.05) is 13.1 Å². The molecule has 0 aliphatic carbocycles. The van der Waals surface area contributed by atoms with E-state index in [-0.39, 0.29) is 0 Å². The highest BCUT2D eigenvalue weighted by Crippen LogP contribution is 2.33. The zero-order valence-electron chi connectivity index (χ0n) is 13.5. The average Bonchev–Trinajstić information content (AvgIpc) is 2.62. The number of hydrogen-bond donors (Lipinski definition) is 0. The molecule has 128 valence electrons. The number of rotatable bonds is 4. The second-order valence-electron chi connectivity index (χ2n) is 5.89. The van der Waals surface area contributed by atoms with Gasteiger partial charge in [-0.25, -0.2) is 8.42 Å². The lowest BCUT2D eigenvalue weighted by Crippen LogP contribution is -2.37. The SMILES string of the molecule is COc1ccc(S(=O)(=O)N2CCC(c3ccccc3)CC2)cc1Br. The van der Waals surface area contributed by atoms with Crippen LogP contribution in [0.1, 0.15) is 24.3 Å². The highest BCUT2D eigenvalue weighted by Gasteiger charge is 2.30. The Balaban J connectivity index is 1.74. The zero-order valence-corrected chi connectivity index (χ0v) is 15.9. The molecule has 3 rings (SSSR count). The van der Waals surface area contributed by atoms with Crippen LogP contribution >= 0.6 is 15.9 Å². The molecule has 1 heterocycles. The number of benzene rings is 2. The molecule has 0 N–H and O–H groups in total. The maximum Gasteiger partial charge on any atom is 0.243 e. The second kappa shape index (κ2) is 7.25. The molecule has 4 nitrogen and oxygen atoms in total. The van der Waals surface area contributed by atoms with E-state index in [0.717, 1.165) is 12.8 Å². The first-order valence-corrected chi connectivity index (χ1v) is 10.1. The van der Waals surface area contributed by atoms with E-state index in [2.05, 4.69) is 28.1 Å². The van der Waals surface area contributed by atoms with Gasteiger partial charge in [0.15, 0.2) is 0 Å². The Hall–Kier alpha value is -1.37. The van der Waals surface area contributed by atoms with Gasteiger partial charge in [-0.15, -0.1) is 0 Å². The summed E-state index contributed by atoms with van der Waals surface area (Å²) in [5, 5.41) is 0. The number of halogens is 1. The van der Waals surface area contributed by atoms with Crippen molar-refractivity contribution in [3.8, 4) is 5.75 Å². The van der Waals surface area contributed by atoms with Gasteiger partial charge in [0.05, 0.1) is 16.5 Å². The van der Waals surface area contributed by atoms with E-state index >= 15 is 0 Å². The fourth-order valence-corrected chi connectivity index (χ4v) is 5.30. The van der Waals surface area contributed by atoms with E-state index in [1.165, 1.54) is 5.56 Å². The molecule has 0 aromatic heterocycles. The van der Waals surface area contributed by atoms with Crippen molar-refractivity contribution in [3.05, 3.63) is 58.6 Å². The smallest absolute Gasteiger partial charge is 0.243 e. The van der Waals surface area contributed by atoms with Crippen molar-refractivity contribution in [1.82, 2.24) is 4.31 Å². The summed E-state index contributed by atoms with van der Waals surface area (Å²) in [4.78, 5) is 0.299. The van der Waals surface area contributed by atoms with Crippen LogP contribution in [0.25, 0.3) is 0 Å². The molecular weight excluding hydrogens is 390 g/mol. The molecule has 6 heteroatoms. The summed E-state index contributed by atoms with van der Waals surface area (Å²) in [6, 6.07) is 15.2. The number of nitrogens with zero attached hydrogens (tertiary/aromatic N) is 1. The molecule has 0 amide bonds. The summed E-state index contributed by atoms with van der Waals surface area (Å²) in [5.41, 5.74) is 1.29. The minimum atomic E-state index is -3.47. The maximum absolute atomic E-state index is 12.8. The third-order valence-electron chi connectivity index (χ3n) is 4.49. The van der Waals surface area contributed by atoms with E-state index in [9.17, 15) is 8.42 Å². The Morgan fingerprint density at radius 3 is 2.33 bits per heavy atom. The topological polar surface area (TPSA) is 46.6 Å². The molecule has 1 aliphatic rings. The van der Waals surface area contributed by atoms with Gasteiger partial charge in [0.1, 0.15) is 5.75 Å². The van der Waals surface area contributed by atoms with Crippen LogP contribution < -0.4 is 4.74 Å². The lowest BCUT2D eigenvalue weighted by molar-refractivity contribution is 0.319. The number of piperidine rings is 1. The van der Waals surface area contributed by atoms with Crippen LogP contribution in [0, 0.1) is 0 Å². The zero-order chi connectivity index (χ0) is 17.2. The third-order valence-corrected chi connectivity index (χ3v) is 7.00. The first-order valence-electron chi connectivity index (χ1n) is 7.91. The molecule has 0 unspecified atom stereocenters. The third kappa shape index (κ3) is 3.50. The number of methoxy groups -OCH3 is 1. The fourth-order valence-electron chi connectivity index (χ4n) is 3.11. The summed E-state index contributed by atoms with van der Waals surface area (Å²) in [7, 11) is -1.91. The largest absolute Gasteiger partial charge is 0.496 e. The summed E-state index contributed by atoms with van der Waals surface area (Å²) >= 11 is 3.36. The van der Waals surface area contributed by atoms with Crippen LogP contribution in [0.3, 0.4) is 0 Å². The van der Waals surface area contributed by atoms with Crippen molar-refractivity contribution in [1.29, 1.82) is 0 Å². The molecule has 0 bridgehead atoms. The summed E-state index contributed by atoms with van der Waals surface area (Å²) in [6.45, 7) is 1.09. The van der Waals surface area contributed by atoms with Gasteiger partial charge in [-0.3, -0.25) is 0 Å². The monoisotopic (exact) mass is 409 g/mol. The molecule has 0 saturated carbocycles. The van der Waals surface area contributed by atoms with Crippen molar-refractivity contribution in [2.45, 2.75) is 23.7 Å². The van der Waals surface area contributed by atoms with Crippen LogP contribution in [0.5, 0.6) is 5.75 Å². The molecule has 1 aliphatic heterocycles. The molecule has 1 saturated heterocycles. The highest BCUT2D eigenvalue weighted by atomic mass is 79.9. The van der Waals surface area contributed by atoms with Crippen molar-refractivity contribution in [2.24, 2.45) is 0 Å². The van der Waals surface area contributed by atoms with Gasteiger partial charge >= 0.3 is 0 Å². The van der Waals surface area contributed by atoms with Gasteiger partial charge in [0.25, 0.3) is 0 Å². The van der Waals surface area contributed by atoms with Crippen LogP contribution in [0.4, 0.5) is 0 Å². The van der Waals surface area contributed by atoms with E-state index in [4.69, 9.17) is 4.74 Å². The molecule has 1 fully saturated rings. The van der Waals surface area contributed by atoms with Crippen LogP contribution in [0.15, 0.2) is 57.9 Å². The Labute approximate surface area is 151 Å². The molecule has 0 radical (unpaired) electrons. The van der Waals surface area contributed by atoms with E-state index < -0.39 is 10.0 Å². The molecule has 2 aromatic rings. The Morgan fingerprint density at radius 1 is 1.08 bits per heavy atom. The Morgan fingerprint density at radius 2 is 1.75 bits per heavy atom. The molecular formula is C18H20BrNO3S. The second-order valence-corrected chi connectivity index (χ2v) is 8.68. The lowest BCUT2D eigenvalue weighted by Gasteiger charge is -2.31. The number of ether oxygens (including phenoxy) is 1. The summed E-state index contributed by atoms with van der Waals surface area (Å²) in [6.07, 6.45) is 1.70. The van der Waals surface area contributed by atoms with Gasteiger partial charge in [-0.1, -0.05) is 30.3 Å². The predicted octanol–water partition coefficient (Wildman–Crippen LogP) is 4.03. The molecule has 0 spiro atoms. The first-order chi connectivity index (χ1) is 11.5. The minimum absolute atomic E-state index is 0.299. The standard InChI is InChI=1S/C18H20BrNO3S/c1-23-18-8-7-16(13-17(18)19)24(21,22)20-11-9-15(10-12-20)14-5-3-2-4-6-14/h2-8,13,15H,9-12H2,1H3. The summed E-state index contributed by atoms with van der Waals surface area (Å²) < 4.78 is 33.1. The minimum Gasteiger partial charge on any atom is -0.496 e. The van der Waals surface area contributed by atoms with Crippen molar-refractivity contribution in [3.63, 3.8) is 0 Å². The fraction of sp³-hybridized carbons (Fsp3) is 0.333.